The van der Waals surface area contributed by atoms with Crippen LogP contribution in [0.3, 0.4) is 0 Å². The lowest BCUT2D eigenvalue weighted by molar-refractivity contribution is 0.0945. The topological polar surface area (TPSA) is 77.0 Å². The standard InChI is InChI=1S/C13H14N4O2/c1-2-19-12-7-10(3-6-15-12)8-16-13(18)11-4-5-14-9-17-11/h3-7,9H,2,8H2,1H3,(H,16,18). The lowest BCUT2D eigenvalue weighted by Gasteiger charge is -2.06. The average Bonchev–Trinajstić information content (AvgIpc) is 2.46. The van der Waals surface area contributed by atoms with E-state index in [1.165, 1.54) is 12.5 Å². The average molecular weight is 258 g/mol. The van der Waals surface area contributed by atoms with E-state index in [-0.39, 0.29) is 5.91 Å². The molecule has 2 aromatic heterocycles. The van der Waals surface area contributed by atoms with Crippen LogP contribution in [0.15, 0.2) is 36.9 Å². The van der Waals surface area contributed by atoms with Crippen LogP contribution >= 0.6 is 0 Å². The first-order valence-electron chi connectivity index (χ1n) is 5.91. The Morgan fingerprint density at radius 1 is 1.32 bits per heavy atom. The maximum absolute atomic E-state index is 11.8. The zero-order valence-corrected chi connectivity index (χ0v) is 10.5. The summed E-state index contributed by atoms with van der Waals surface area (Å²) in [7, 11) is 0. The molecule has 0 fully saturated rings. The molecule has 0 saturated heterocycles. The molecule has 2 rings (SSSR count). The zero-order chi connectivity index (χ0) is 13.5. The van der Waals surface area contributed by atoms with Gasteiger partial charge < -0.3 is 10.1 Å². The van der Waals surface area contributed by atoms with Gasteiger partial charge in [0.05, 0.1) is 6.61 Å². The van der Waals surface area contributed by atoms with Crippen LogP contribution < -0.4 is 10.1 Å². The van der Waals surface area contributed by atoms with Crippen molar-refractivity contribution in [2.75, 3.05) is 6.61 Å². The largest absolute Gasteiger partial charge is 0.478 e. The fourth-order valence-electron chi connectivity index (χ4n) is 1.49. The van der Waals surface area contributed by atoms with E-state index in [1.807, 2.05) is 13.0 Å². The minimum atomic E-state index is -0.239. The summed E-state index contributed by atoms with van der Waals surface area (Å²) in [6, 6.07) is 5.18. The van der Waals surface area contributed by atoms with Gasteiger partial charge in [0, 0.05) is 25.0 Å². The molecule has 98 valence electrons. The molecule has 1 N–H and O–H groups in total. The second-order valence-electron chi connectivity index (χ2n) is 3.71. The maximum atomic E-state index is 11.8. The number of carbonyl (C=O) groups excluding carboxylic acids is 1. The van der Waals surface area contributed by atoms with Crippen LogP contribution in [-0.4, -0.2) is 27.5 Å². The SMILES string of the molecule is CCOc1cc(CNC(=O)c2ccncn2)ccn1. The Morgan fingerprint density at radius 2 is 2.21 bits per heavy atom. The molecule has 6 heteroatoms. The fraction of sp³-hybridized carbons (Fsp3) is 0.231. The number of hydrogen-bond acceptors (Lipinski definition) is 5. The van der Waals surface area contributed by atoms with Gasteiger partial charge in [0.25, 0.3) is 5.91 Å². The van der Waals surface area contributed by atoms with Crippen molar-refractivity contribution < 1.29 is 9.53 Å². The molecule has 0 aliphatic heterocycles. The summed E-state index contributed by atoms with van der Waals surface area (Å²) < 4.78 is 5.29. The molecule has 19 heavy (non-hydrogen) atoms. The van der Waals surface area contributed by atoms with E-state index in [1.54, 1.807) is 18.3 Å². The number of nitrogens with one attached hydrogen (secondary N) is 1. The third kappa shape index (κ3) is 3.74. The Kier molecular flexibility index (Phi) is 4.39. The molecule has 0 aromatic carbocycles. The van der Waals surface area contributed by atoms with E-state index in [2.05, 4.69) is 20.3 Å². The smallest absolute Gasteiger partial charge is 0.270 e. The molecule has 0 bridgehead atoms. The Hall–Kier alpha value is -2.50. The molecular formula is C13H14N4O2. The molecule has 1 amide bonds. The van der Waals surface area contributed by atoms with E-state index in [0.29, 0.717) is 24.7 Å². The highest BCUT2D eigenvalue weighted by Gasteiger charge is 2.06. The number of hydrogen-bond donors (Lipinski definition) is 1. The Balaban J connectivity index is 1.95. The van der Waals surface area contributed by atoms with Gasteiger partial charge in [-0.1, -0.05) is 0 Å². The zero-order valence-electron chi connectivity index (χ0n) is 10.5. The number of rotatable bonds is 5. The minimum Gasteiger partial charge on any atom is -0.478 e. The summed E-state index contributed by atoms with van der Waals surface area (Å²) in [5.41, 5.74) is 1.26. The third-order valence-electron chi connectivity index (χ3n) is 2.36. The minimum absolute atomic E-state index is 0.239. The molecule has 0 unspecified atom stereocenters. The maximum Gasteiger partial charge on any atom is 0.270 e. The summed E-state index contributed by atoms with van der Waals surface area (Å²) in [5, 5.41) is 2.77. The van der Waals surface area contributed by atoms with Crippen molar-refractivity contribution >= 4 is 5.91 Å². The first-order valence-corrected chi connectivity index (χ1v) is 5.91. The van der Waals surface area contributed by atoms with Crippen molar-refractivity contribution in [2.45, 2.75) is 13.5 Å². The Labute approximate surface area is 110 Å². The lowest BCUT2D eigenvalue weighted by Crippen LogP contribution is -2.23. The van der Waals surface area contributed by atoms with Gasteiger partial charge in [-0.2, -0.15) is 0 Å². The second kappa shape index (κ2) is 6.44. The number of aromatic nitrogens is 3. The van der Waals surface area contributed by atoms with Crippen molar-refractivity contribution in [1.29, 1.82) is 0 Å². The van der Waals surface area contributed by atoms with E-state index < -0.39 is 0 Å². The van der Waals surface area contributed by atoms with Crippen molar-refractivity contribution in [3.8, 4) is 5.88 Å². The summed E-state index contributed by atoms with van der Waals surface area (Å²) in [4.78, 5) is 23.5. The summed E-state index contributed by atoms with van der Waals surface area (Å²) in [6.07, 6.45) is 4.52. The van der Waals surface area contributed by atoms with Crippen LogP contribution in [0.2, 0.25) is 0 Å². The molecule has 0 saturated carbocycles. The van der Waals surface area contributed by atoms with Crippen LogP contribution in [0.4, 0.5) is 0 Å². The van der Waals surface area contributed by atoms with Gasteiger partial charge in [-0.05, 0) is 24.6 Å². The quantitative estimate of drug-likeness (QED) is 0.872. The Bertz CT molecular complexity index is 545. The first kappa shape index (κ1) is 12.9. The molecule has 0 aliphatic rings. The van der Waals surface area contributed by atoms with Crippen molar-refractivity contribution in [1.82, 2.24) is 20.3 Å². The van der Waals surface area contributed by atoms with E-state index in [0.717, 1.165) is 5.56 Å². The van der Waals surface area contributed by atoms with Gasteiger partial charge >= 0.3 is 0 Å². The molecule has 2 aromatic rings. The molecule has 0 aliphatic carbocycles. The van der Waals surface area contributed by atoms with Gasteiger partial charge in [-0.15, -0.1) is 0 Å². The van der Waals surface area contributed by atoms with Crippen LogP contribution in [0.5, 0.6) is 5.88 Å². The lowest BCUT2D eigenvalue weighted by atomic mass is 10.2. The van der Waals surface area contributed by atoms with E-state index in [4.69, 9.17) is 4.74 Å². The van der Waals surface area contributed by atoms with Crippen LogP contribution in [0.1, 0.15) is 23.0 Å². The van der Waals surface area contributed by atoms with Crippen LogP contribution in [-0.2, 0) is 6.54 Å². The number of pyridine rings is 1. The van der Waals surface area contributed by atoms with Crippen LogP contribution in [0.25, 0.3) is 0 Å². The number of amides is 1. The van der Waals surface area contributed by atoms with Gasteiger partial charge in [-0.25, -0.2) is 15.0 Å². The Morgan fingerprint density at radius 3 is 2.95 bits per heavy atom. The first-order chi connectivity index (χ1) is 9.29. The molecule has 0 spiro atoms. The molecular weight excluding hydrogens is 244 g/mol. The highest BCUT2D eigenvalue weighted by atomic mass is 16.5. The summed E-state index contributed by atoms with van der Waals surface area (Å²) in [5.74, 6) is 0.313. The van der Waals surface area contributed by atoms with Crippen molar-refractivity contribution in [3.05, 3.63) is 48.2 Å². The predicted molar refractivity (Wildman–Crippen MR) is 68.6 cm³/mol. The summed E-state index contributed by atoms with van der Waals surface area (Å²) in [6.45, 7) is 2.85. The number of ether oxygens (including phenoxy) is 1. The highest BCUT2D eigenvalue weighted by Crippen LogP contribution is 2.09. The van der Waals surface area contributed by atoms with Crippen molar-refractivity contribution in [2.24, 2.45) is 0 Å². The van der Waals surface area contributed by atoms with Gasteiger partial charge in [-0.3, -0.25) is 4.79 Å². The fourth-order valence-corrected chi connectivity index (χ4v) is 1.49. The number of carbonyl (C=O) groups is 1. The van der Waals surface area contributed by atoms with Gasteiger partial charge in [0.1, 0.15) is 12.0 Å². The monoisotopic (exact) mass is 258 g/mol. The van der Waals surface area contributed by atoms with E-state index >= 15 is 0 Å². The predicted octanol–water partition coefficient (Wildman–Crippen LogP) is 1.20. The molecule has 0 atom stereocenters. The number of nitrogens with zero attached hydrogens (tertiary/aromatic N) is 3. The second-order valence-corrected chi connectivity index (χ2v) is 3.71. The normalized spacial score (nSPS) is 9.95. The van der Waals surface area contributed by atoms with Gasteiger partial charge in [0.2, 0.25) is 5.88 Å². The van der Waals surface area contributed by atoms with Crippen molar-refractivity contribution in [3.63, 3.8) is 0 Å². The molecule has 6 nitrogen and oxygen atoms in total. The highest BCUT2D eigenvalue weighted by molar-refractivity contribution is 5.91. The third-order valence-corrected chi connectivity index (χ3v) is 2.36. The van der Waals surface area contributed by atoms with E-state index in [9.17, 15) is 4.79 Å². The van der Waals surface area contributed by atoms with Gasteiger partial charge in [0.15, 0.2) is 0 Å². The molecule has 2 heterocycles. The van der Waals surface area contributed by atoms with Crippen LogP contribution in [0, 0.1) is 0 Å². The molecule has 0 radical (unpaired) electrons. The summed E-state index contributed by atoms with van der Waals surface area (Å²) >= 11 is 0.